The molecule has 1 aromatic heterocycles. The van der Waals surface area contributed by atoms with Crippen LogP contribution < -0.4 is 5.32 Å². The van der Waals surface area contributed by atoms with Crippen LogP contribution in [-0.4, -0.2) is 9.78 Å². The predicted octanol–water partition coefficient (Wildman–Crippen LogP) is 3.38. The van der Waals surface area contributed by atoms with Crippen LogP contribution in [0.15, 0.2) is 36.7 Å². The summed E-state index contributed by atoms with van der Waals surface area (Å²) in [5.41, 5.74) is 3.66. The maximum Gasteiger partial charge on any atom is 0.0729 e. The second-order valence-electron chi connectivity index (χ2n) is 4.65. The van der Waals surface area contributed by atoms with Crippen LogP contribution in [0.1, 0.15) is 31.0 Å². The first-order valence-corrected chi connectivity index (χ1v) is 5.99. The molecule has 90 valence electrons. The lowest BCUT2D eigenvalue weighted by atomic mass is 10.1. The van der Waals surface area contributed by atoms with Gasteiger partial charge in [-0.1, -0.05) is 29.8 Å². The number of hydrogen-bond acceptors (Lipinski definition) is 2. The first kappa shape index (κ1) is 11.7. The van der Waals surface area contributed by atoms with Crippen LogP contribution in [0, 0.1) is 6.92 Å². The van der Waals surface area contributed by atoms with Gasteiger partial charge in [-0.25, -0.2) is 0 Å². The number of aryl methyl sites for hydroxylation is 1. The van der Waals surface area contributed by atoms with Crippen molar-refractivity contribution in [2.75, 3.05) is 5.32 Å². The Hall–Kier alpha value is -1.77. The standard InChI is InChI=1S/C14H19N3/c1-11(2)17-10-14(9-16-17)15-8-13-6-4-5-12(3)7-13/h4-7,9-11,15H,8H2,1-3H3. The monoisotopic (exact) mass is 229 g/mol. The maximum atomic E-state index is 4.30. The molecular formula is C14H19N3. The fourth-order valence-corrected chi connectivity index (χ4v) is 1.74. The van der Waals surface area contributed by atoms with Crippen LogP contribution in [0.3, 0.4) is 0 Å². The fourth-order valence-electron chi connectivity index (χ4n) is 1.74. The quantitative estimate of drug-likeness (QED) is 0.871. The minimum atomic E-state index is 0.407. The molecule has 3 heteroatoms. The highest BCUT2D eigenvalue weighted by atomic mass is 15.3. The number of nitrogens with zero attached hydrogens (tertiary/aromatic N) is 2. The molecule has 0 unspecified atom stereocenters. The van der Waals surface area contributed by atoms with Gasteiger partial charge in [0.2, 0.25) is 0 Å². The van der Waals surface area contributed by atoms with Gasteiger partial charge in [0.1, 0.15) is 0 Å². The molecule has 3 nitrogen and oxygen atoms in total. The third-order valence-corrected chi connectivity index (χ3v) is 2.71. The molecule has 0 saturated carbocycles. The van der Waals surface area contributed by atoms with E-state index in [1.165, 1.54) is 11.1 Å². The Balaban J connectivity index is 1.97. The Morgan fingerprint density at radius 3 is 2.82 bits per heavy atom. The van der Waals surface area contributed by atoms with Crippen LogP contribution in [0.5, 0.6) is 0 Å². The normalized spacial score (nSPS) is 10.8. The van der Waals surface area contributed by atoms with E-state index in [1.54, 1.807) is 0 Å². The molecule has 0 radical (unpaired) electrons. The minimum Gasteiger partial charge on any atom is -0.378 e. The average Bonchev–Trinajstić information content (AvgIpc) is 2.75. The van der Waals surface area contributed by atoms with E-state index < -0.39 is 0 Å². The molecule has 0 fully saturated rings. The summed E-state index contributed by atoms with van der Waals surface area (Å²) >= 11 is 0. The Bertz CT molecular complexity index is 486. The Labute approximate surface area is 102 Å². The van der Waals surface area contributed by atoms with Crippen molar-refractivity contribution in [2.45, 2.75) is 33.4 Å². The van der Waals surface area contributed by atoms with Gasteiger partial charge in [-0.05, 0) is 26.3 Å². The van der Waals surface area contributed by atoms with E-state index in [0.29, 0.717) is 6.04 Å². The number of nitrogens with one attached hydrogen (secondary N) is 1. The van der Waals surface area contributed by atoms with Crippen molar-refractivity contribution in [1.29, 1.82) is 0 Å². The molecule has 1 aromatic carbocycles. The topological polar surface area (TPSA) is 29.9 Å². The summed E-state index contributed by atoms with van der Waals surface area (Å²) in [4.78, 5) is 0. The molecule has 0 amide bonds. The second-order valence-corrected chi connectivity index (χ2v) is 4.65. The Morgan fingerprint density at radius 2 is 2.18 bits per heavy atom. The summed E-state index contributed by atoms with van der Waals surface area (Å²) in [5, 5.41) is 7.68. The highest BCUT2D eigenvalue weighted by molar-refractivity contribution is 5.39. The molecule has 2 aromatic rings. The van der Waals surface area contributed by atoms with Crippen LogP contribution in [0.25, 0.3) is 0 Å². The predicted molar refractivity (Wildman–Crippen MR) is 71.1 cm³/mol. The molecule has 0 aliphatic heterocycles. The van der Waals surface area contributed by atoms with Crippen LogP contribution >= 0.6 is 0 Å². The van der Waals surface area contributed by atoms with Crippen molar-refractivity contribution in [3.8, 4) is 0 Å². The van der Waals surface area contributed by atoms with Crippen molar-refractivity contribution >= 4 is 5.69 Å². The number of anilines is 1. The van der Waals surface area contributed by atoms with E-state index in [9.17, 15) is 0 Å². The molecule has 2 rings (SSSR count). The van der Waals surface area contributed by atoms with Gasteiger partial charge in [-0.15, -0.1) is 0 Å². The zero-order chi connectivity index (χ0) is 12.3. The van der Waals surface area contributed by atoms with E-state index in [4.69, 9.17) is 0 Å². The van der Waals surface area contributed by atoms with Crippen LogP contribution in [0.2, 0.25) is 0 Å². The molecule has 0 aliphatic rings. The first-order valence-electron chi connectivity index (χ1n) is 5.99. The number of rotatable bonds is 4. The number of benzene rings is 1. The summed E-state index contributed by atoms with van der Waals surface area (Å²) in [7, 11) is 0. The smallest absolute Gasteiger partial charge is 0.0729 e. The van der Waals surface area contributed by atoms with Gasteiger partial charge in [0, 0.05) is 18.8 Å². The third kappa shape index (κ3) is 3.09. The largest absolute Gasteiger partial charge is 0.378 e. The lowest BCUT2D eigenvalue weighted by Crippen LogP contribution is -2.01. The van der Waals surface area contributed by atoms with Gasteiger partial charge in [-0.3, -0.25) is 4.68 Å². The fraction of sp³-hybridized carbons (Fsp3) is 0.357. The maximum absolute atomic E-state index is 4.30. The van der Waals surface area contributed by atoms with Crippen molar-refractivity contribution in [2.24, 2.45) is 0 Å². The number of hydrogen-bond donors (Lipinski definition) is 1. The summed E-state index contributed by atoms with van der Waals surface area (Å²) in [6.45, 7) is 7.19. The molecule has 1 N–H and O–H groups in total. The molecule has 0 bridgehead atoms. The SMILES string of the molecule is Cc1cccc(CNc2cnn(C(C)C)c2)c1. The number of aromatic nitrogens is 2. The second kappa shape index (κ2) is 5.04. The van der Waals surface area contributed by atoms with Crippen molar-refractivity contribution in [3.05, 3.63) is 47.8 Å². The van der Waals surface area contributed by atoms with Gasteiger partial charge in [0.25, 0.3) is 0 Å². The summed E-state index contributed by atoms with van der Waals surface area (Å²) in [6, 6.07) is 8.93. The van der Waals surface area contributed by atoms with Gasteiger partial charge < -0.3 is 5.32 Å². The molecule has 0 saturated heterocycles. The molecular weight excluding hydrogens is 210 g/mol. The highest BCUT2D eigenvalue weighted by Gasteiger charge is 2.01. The summed E-state index contributed by atoms with van der Waals surface area (Å²) in [5.74, 6) is 0. The summed E-state index contributed by atoms with van der Waals surface area (Å²) < 4.78 is 1.96. The Morgan fingerprint density at radius 1 is 1.35 bits per heavy atom. The van der Waals surface area contributed by atoms with Crippen molar-refractivity contribution < 1.29 is 0 Å². The van der Waals surface area contributed by atoms with E-state index in [0.717, 1.165) is 12.2 Å². The molecule has 17 heavy (non-hydrogen) atoms. The minimum absolute atomic E-state index is 0.407. The zero-order valence-corrected chi connectivity index (χ0v) is 10.6. The van der Waals surface area contributed by atoms with E-state index in [-0.39, 0.29) is 0 Å². The Kier molecular flexibility index (Phi) is 3.47. The first-order chi connectivity index (χ1) is 8.15. The zero-order valence-electron chi connectivity index (χ0n) is 10.6. The van der Waals surface area contributed by atoms with E-state index in [2.05, 4.69) is 55.5 Å². The van der Waals surface area contributed by atoms with Gasteiger partial charge in [-0.2, -0.15) is 5.10 Å². The molecule has 0 aliphatic carbocycles. The lowest BCUT2D eigenvalue weighted by Gasteiger charge is -2.05. The van der Waals surface area contributed by atoms with E-state index >= 15 is 0 Å². The molecule has 0 spiro atoms. The highest BCUT2D eigenvalue weighted by Crippen LogP contribution is 2.12. The molecule has 1 heterocycles. The average molecular weight is 229 g/mol. The lowest BCUT2D eigenvalue weighted by molar-refractivity contribution is 0.532. The van der Waals surface area contributed by atoms with Crippen LogP contribution in [-0.2, 0) is 6.54 Å². The third-order valence-electron chi connectivity index (χ3n) is 2.71. The molecule has 0 atom stereocenters. The van der Waals surface area contributed by atoms with Crippen molar-refractivity contribution in [3.63, 3.8) is 0 Å². The van der Waals surface area contributed by atoms with Gasteiger partial charge in [0.15, 0.2) is 0 Å². The van der Waals surface area contributed by atoms with Crippen LogP contribution in [0.4, 0.5) is 5.69 Å². The van der Waals surface area contributed by atoms with Gasteiger partial charge in [0.05, 0.1) is 11.9 Å². The van der Waals surface area contributed by atoms with Crippen molar-refractivity contribution in [1.82, 2.24) is 9.78 Å². The van der Waals surface area contributed by atoms with E-state index in [1.807, 2.05) is 17.1 Å². The van der Waals surface area contributed by atoms with Gasteiger partial charge >= 0.3 is 0 Å². The summed E-state index contributed by atoms with van der Waals surface area (Å²) in [6.07, 6.45) is 3.91.